The first-order chi connectivity index (χ1) is 13.2. The summed E-state index contributed by atoms with van der Waals surface area (Å²) in [5, 5.41) is 0.726. The van der Waals surface area contributed by atoms with Crippen molar-refractivity contribution in [2.24, 2.45) is 5.92 Å². The molecule has 3 aliphatic heterocycles. The normalized spacial score (nSPS) is 22.9. The number of morpholine rings is 1. The van der Waals surface area contributed by atoms with Crippen molar-refractivity contribution in [3.05, 3.63) is 22.7 Å². The molecule has 27 heavy (non-hydrogen) atoms. The largest absolute Gasteiger partial charge is 0.454 e. The molecule has 1 unspecified atom stereocenters. The molecule has 148 valence electrons. The molecular weight excluding hydrogens is 368 g/mol. The second kappa shape index (κ2) is 8.67. The Kier molecular flexibility index (Phi) is 6.05. The van der Waals surface area contributed by atoms with Crippen molar-refractivity contribution in [1.29, 1.82) is 0 Å². The van der Waals surface area contributed by atoms with E-state index in [9.17, 15) is 4.79 Å². The molecule has 1 amide bonds. The highest BCUT2D eigenvalue weighted by atomic mass is 35.5. The number of benzene rings is 1. The van der Waals surface area contributed by atoms with Gasteiger partial charge in [0.25, 0.3) is 0 Å². The predicted octanol–water partition coefficient (Wildman–Crippen LogP) is 2.92. The summed E-state index contributed by atoms with van der Waals surface area (Å²) in [6.45, 7) is 5.95. The average Bonchev–Trinajstić information content (AvgIpc) is 3.14. The maximum Gasteiger partial charge on any atom is 0.231 e. The average molecular weight is 395 g/mol. The van der Waals surface area contributed by atoms with Gasteiger partial charge in [-0.05, 0) is 43.4 Å². The molecule has 1 atom stereocenters. The van der Waals surface area contributed by atoms with E-state index < -0.39 is 0 Å². The highest BCUT2D eigenvalue weighted by molar-refractivity contribution is 6.31. The molecule has 0 aromatic heterocycles. The first kappa shape index (κ1) is 18.8. The Labute approximate surface area is 165 Å². The van der Waals surface area contributed by atoms with Crippen molar-refractivity contribution in [3.8, 4) is 11.5 Å². The Morgan fingerprint density at radius 2 is 1.93 bits per heavy atom. The summed E-state index contributed by atoms with van der Waals surface area (Å²) in [4.78, 5) is 16.8. The smallest absolute Gasteiger partial charge is 0.231 e. The van der Waals surface area contributed by atoms with E-state index in [0.717, 1.165) is 61.2 Å². The number of carbonyl (C=O) groups is 1. The molecule has 0 spiro atoms. The Balaban J connectivity index is 1.29. The number of halogens is 1. The Hall–Kier alpha value is -1.50. The second-order valence-electron chi connectivity index (χ2n) is 7.57. The Morgan fingerprint density at radius 3 is 2.74 bits per heavy atom. The van der Waals surface area contributed by atoms with Crippen LogP contribution in [-0.4, -0.2) is 61.9 Å². The van der Waals surface area contributed by atoms with Crippen LogP contribution in [-0.2, 0) is 16.1 Å². The fraction of sp³-hybridized carbons (Fsp3) is 0.650. The minimum atomic E-state index is 0.262. The van der Waals surface area contributed by atoms with Crippen LogP contribution < -0.4 is 9.47 Å². The fourth-order valence-corrected chi connectivity index (χ4v) is 4.36. The number of amides is 1. The third-order valence-corrected chi connectivity index (χ3v) is 6.02. The maximum absolute atomic E-state index is 12.4. The van der Waals surface area contributed by atoms with Gasteiger partial charge in [0.2, 0.25) is 12.7 Å². The zero-order chi connectivity index (χ0) is 18.6. The van der Waals surface area contributed by atoms with Crippen LogP contribution in [0.2, 0.25) is 5.02 Å². The molecule has 4 rings (SSSR count). The zero-order valence-electron chi connectivity index (χ0n) is 15.6. The molecule has 0 saturated carbocycles. The molecule has 2 fully saturated rings. The number of fused-ring (bicyclic) bond motifs is 1. The number of nitrogens with zero attached hydrogens (tertiary/aromatic N) is 2. The van der Waals surface area contributed by atoms with Crippen molar-refractivity contribution in [2.75, 3.05) is 46.2 Å². The zero-order valence-corrected chi connectivity index (χ0v) is 16.4. The van der Waals surface area contributed by atoms with Gasteiger partial charge < -0.3 is 19.1 Å². The van der Waals surface area contributed by atoms with Crippen molar-refractivity contribution >= 4 is 17.5 Å². The second-order valence-corrected chi connectivity index (χ2v) is 7.98. The molecule has 0 radical (unpaired) electrons. The highest BCUT2D eigenvalue weighted by Gasteiger charge is 2.24. The van der Waals surface area contributed by atoms with Crippen LogP contribution in [0, 0.1) is 5.92 Å². The van der Waals surface area contributed by atoms with Crippen molar-refractivity contribution in [3.63, 3.8) is 0 Å². The van der Waals surface area contributed by atoms with Gasteiger partial charge in [0.15, 0.2) is 11.5 Å². The number of likely N-dealkylation sites (tertiary alicyclic amines) is 1. The number of carbonyl (C=O) groups excluding carboxylic acids is 1. The standard InChI is InChI=1S/C20H27ClN2O4/c21-17-11-19-18(26-14-27-19)10-16(17)13-22-5-1-2-15(12-22)3-4-20(24)23-6-8-25-9-7-23/h10-11,15H,1-9,12-14H2. The van der Waals surface area contributed by atoms with Crippen molar-refractivity contribution < 1.29 is 19.0 Å². The molecule has 2 saturated heterocycles. The third kappa shape index (κ3) is 4.68. The van der Waals surface area contributed by atoms with E-state index in [1.54, 1.807) is 0 Å². The molecule has 7 heteroatoms. The Morgan fingerprint density at radius 1 is 1.15 bits per heavy atom. The number of piperidine rings is 1. The molecule has 0 bridgehead atoms. The lowest BCUT2D eigenvalue weighted by atomic mass is 9.92. The van der Waals surface area contributed by atoms with E-state index in [2.05, 4.69) is 4.90 Å². The van der Waals surface area contributed by atoms with E-state index in [4.69, 9.17) is 25.8 Å². The maximum atomic E-state index is 12.4. The van der Waals surface area contributed by atoms with Crippen molar-refractivity contribution in [1.82, 2.24) is 9.80 Å². The molecular formula is C20H27ClN2O4. The van der Waals surface area contributed by atoms with Crippen LogP contribution in [0.3, 0.4) is 0 Å². The topological polar surface area (TPSA) is 51.2 Å². The van der Waals surface area contributed by atoms with Gasteiger partial charge in [-0.3, -0.25) is 9.69 Å². The van der Waals surface area contributed by atoms with E-state index in [-0.39, 0.29) is 12.7 Å². The fourth-order valence-electron chi connectivity index (χ4n) is 4.15. The highest BCUT2D eigenvalue weighted by Crippen LogP contribution is 2.37. The summed E-state index contributed by atoms with van der Waals surface area (Å²) >= 11 is 6.43. The van der Waals surface area contributed by atoms with Gasteiger partial charge in [-0.1, -0.05) is 11.6 Å². The number of hydrogen-bond donors (Lipinski definition) is 0. The summed E-state index contributed by atoms with van der Waals surface area (Å²) in [5.74, 6) is 2.34. The van der Waals surface area contributed by atoms with Gasteiger partial charge >= 0.3 is 0 Å². The van der Waals surface area contributed by atoms with Gasteiger partial charge in [0.1, 0.15) is 0 Å². The lowest BCUT2D eigenvalue weighted by Gasteiger charge is -2.33. The number of rotatable bonds is 5. The van der Waals surface area contributed by atoms with Crippen LogP contribution >= 0.6 is 11.6 Å². The molecule has 0 aliphatic carbocycles. The van der Waals surface area contributed by atoms with Gasteiger partial charge in [0.05, 0.1) is 13.2 Å². The van der Waals surface area contributed by atoms with E-state index in [1.165, 1.54) is 12.8 Å². The molecule has 1 aromatic carbocycles. The quantitative estimate of drug-likeness (QED) is 0.768. The first-order valence-corrected chi connectivity index (χ1v) is 10.2. The number of ether oxygens (including phenoxy) is 3. The van der Waals surface area contributed by atoms with E-state index in [0.29, 0.717) is 25.6 Å². The summed E-state index contributed by atoms with van der Waals surface area (Å²) in [7, 11) is 0. The van der Waals surface area contributed by atoms with Crippen LogP contribution in [0.1, 0.15) is 31.2 Å². The third-order valence-electron chi connectivity index (χ3n) is 5.67. The van der Waals surface area contributed by atoms with Crippen LogP contribution in [0.15, 0.2) is 12.1 Å². The molecule has 0 N–H and O–H groups in total. The summed E-state index contributed by atoms with van der Waals surface area (Å²) in [6.07, 6.45) is 3.96. The Bertz CT molecular complexity index is 678. The van der Waals surface area contributed by atoms with Gasteiger partial charge in [-0.15, -0.1) is 0 Å². The number of hydrogen-bond acceptors (Lipinski definition) is 5. The lowest BCUT2D eigenvalue weighted by Crippen LogP contribution is -2.41. The molecule has 3 heterocycles. The summed E-state index contributed by atoms with van der Waals surface area (Å²) < 4.78 is 16.2. The monoisotopic (exact) mass is 394 g/mol. The van der Waals surface area contributed by atoms with E-state index >= 15 is 0 Å². The van der Waals surface area contributed by atoms with Crippen LogP contribution in [0.25, 0.3) is 0 Å². The van der Waals surface area contributed by atoms with E-state index in [1.807, 2.05) is 17.0 Å². The SMILES string of the molecule is O=C(CCC1CCCN(Cc2cc3c(cc2Cl)OCO3)C1)N1CCOCC1. The summed E-state index contributed by atoms with van der Waals surface area (Å²) in [5.41, 5.74) is 1.07. The lowest BCUT2D eigenvalue weighted by molar-refractivity contribution is -0.135. The van der Waals surface area contributed by atoms with Gasteiger partial charge in [0, 0.05) is 43.7 Å². The van der Waals surface area contributed by atoms with Crippen molar-refractivity contribution in [2.45, 2.75) is 32.2 Å². The minimum Gasteiger partial charge on any atom is -0.454 e. The minimum absolute atomic E-state index is 0.262. The summed E-state index contributed by atoms with van der Waals surface area (Å²) in [6, 6.07) is 3.85. The predicted molar refractivity (Wildman–Crippen MR) is 102 cm³/mol. The molecule has 3 aliphatic rings. The molecule has 6 nitrogen and oxygen atoms in total. The molecule has 1 aromatic rings. The van der Waals surface area contributed by atoms with Crippen LogP contribution in [0.4, 0.5) is 0 Å². The van der Waals surface area contributed by atoms with Crippen LogP contribution in [0.5, 0.6) is 11.5 Å². The first-order valence-electron chi connectivity index (χ1n) is 9.85. The van der Waals surface area contributed by atoms with Gasteiger partial charge in [-0.25, -0.2) is 0 Å². The van der Waals surface area contributed by atoms with Gasteiger partial charge in [-0.2, -0.15) is 0 Å².